The van der Waals surface area contributed by atoms with Gasteiger partial charge in [0.1, 0.15) is 0 Å². The molecule has 0 spiro atoms. The number of benzene rings is 3. The number of carboxylic acids is 1. The number of amides is 1. The molecule has 0 aliphatic rings. The number of anilines is 1. The topological polar surface area (TPSA) is 69.6 Å². The summed E-state index contributed by atoms with van der Waals surface area (Å²) in [5.41, 5.74) is 5.28. The number of aliphatic carboxylic acids is 1. The highest BCUT2D eigenvalue weighted by atomic mass is 79.9. The second kappa shape index (κ2) is 12.4. The van der Waals surface area contributed by atoms with Gasteiger partial charge in [-0.15, -0.1) is 0 Å². The van der Waals surface area contributed by atoms with E-state index in [0.717, 1.165) is 29.7 Å². The average Bonchev–Trinajstić information content (AvgIpc) is 2.81. The van der Waals surface area contributed by atoms with Gasteiger partial charge in [0, 0.05) is 35.4 Å². The summed E-state index contributed by atoms with van der Waals surface area (Å²) in [6.07, 6.45) is 0.972. The molecule has 0 unspecified atom stereocenters. The molecule has 0 aliphatic heterocycles. The first-order chi connectivity index (χ1) is 16.3. The summed E-state index contributed by atoms with van der Waals surface area (Å²) in [6.45, 7) is 6.03. The standard InChI is InChI=1S/C28H31BrN2O3/c1-20(2)17-21-3-5-22(6-4-21)18-31(19-23-7-11-25(29)12-8-23)26-13-9-24(10-14-26)28(34)30-16-15-27(32)33/h3-14,20H,15-19H2,1-2H3,(H,30,34)(H,32,33). The minimum Gasteiger partial charge on any atom is -0.481 e. The summed E-state index contributed by atoms with van der Waals surface area (Å²) in [7, 11) is 0. The van der Waals surface area contributed by atoms with E-state index in [-0.39, 0.29) is 18.9 Å². The van der Waals surface area contributed by atoms with Gasteiger partial charge in [-0.2, -0.15) is 0 Å². The lowest BCUT2D eigenvalue weighted by Crippen LogP contribution is -2.26. The van der Waals surface area contributed by atoms with Crippen LogP contribution in [0.15, 0.2) is 77.3 Å². The van der Waals surface area contributed by atoms with E-state index in [1.165, 1.54) is 16.7 Å². The van der Waals surface area contributed by atoms with Crippen molar-refractivity contribution in [3.05, 3.63) is 99.5 Å². The molecule has 3 aromatic rings. The number of carboxylic acid groups (broad SMARTS) is 1. The lowest BCUT2D eigenvalue weighted by Gasteiger charge is -2.26. The normalized spacial score (nSPS) is 10.8. The molecule has 3 aromatic carbocycles. The highest BCUT2D eigenvalue weighted by Crippen LogP contribution is 2.23. The van der Waals surface area contributed by atoms with Crippen LogP contribution < -0.4 is 10.2 Å². The number of rotatable bonds is 11. The number of halogens is 1. The van der Waals surface area contributed by atoms with Crippen molar-refractivity contribution in [3.8, 4) is 0 Å². The van der Waals surface area contributed by atoms with Crippen LogP contribution in [-0.2, 0) is 24.3 Å². The zero-order chi connectivity index (χ0) is 24.5. The summed E-state index contributed by atoms with van der Waals surface area (Å²) >= 11 is 3.50. The predicted molar refractivity (Wildman–Crippen MR) is 140 cm³/mol. The van der Waals surface area contributed by atoms with Gasteiger partial charge < -0.3 is 15.3 Å². The number of carbonyl (C=O) groups is 2. The van der Waals surface area contributed by atoms with Gasteiger partial charge in [0.15, 0.2) is 0 Å². The van der Waals surface area contributed by atoms with Crippen molar-refractivity contribution in [2.24, 2.45) is 5.92 Å². The van der Waals surface area contributed by atoms with Crippen LogP contribution in [0.2, 0.25) is 0 Å². The van der Waals surface area contributed by atoms with Crippen molar-refractivity contribution in [1.82, 2.24) is 5.32 Å². The van der Waals surface area contributed by atoms with E-state index in [2.05, 4.69) is 76.4 Å². The molecule has 0 aliphatic carbocycles. The minimum atomic E-state index is -0.934. The highest BCUT2D eigenvalue weighted by Gasteiger charge is 2.12. The zero-order valence-corrected chi connectivity index (χ0v) is 21.2. The molecule has 34 heavy (non-hydrogen) atoms. The van der Waals surface area contributed by atoms with Crippen molar-refractivity contribution in [2.75, 3.05) is 11.4 Å². The van der Waals surface area contributed by atoms with Crippen LogP contribution in [0.5, 0.6) is 0 Å². The van der Waals surface area contributed by atoms with Crippen molar-refractivity contribution in [1.29, 1.82) is 0 Å². The van der Waals surface area contributed by atoms with Gasteiger partial charge in [-0.05, 0) is 65.4 Å². The first-order valence-electron chi connectivity index (χ1n) is 11.5. The number of nitrogens with one attached hydrogen (secondary N) is 1. The van der Waals surface area contributed by atoms with E-state index in [9.17, 15) is 9.59 Å². The predicted octanol–water partition coefficient (Wildman–Crippen LogP) is 6.06. The van der Waals surface area contributed by atoms with Crippen LogP contribution in [0.25, 0.3) is 0 Å². The van der Waals surface area contributed by atoms with Crippen molar-refractivity contribution in [3.63, 3.8) is 0 Å². The quantitative estimate of drug-likeness (QED) is 0.321. The lowest BCUT2D eigenvalue weighted by atomic mass is 10.0. The second-order valence-electron chi connectivity index (χ2n) is 8.84. The largest absolute Gasteiger partial charge is 0.481 e. The molecule has 3 rings (SSSR count). The Hall–Kier alpha value is -3.12. The smallest absolute Gasteiger partial charge is 0.305 e. The van der Waals surface area contributed by atoms with E-state index in [1.54, 1.807) is 12.1 Å². The van der Waals surface area contributed by atoms with Crippen LogP contribution >= 0.6 is 15.9 Å². The average molecular weight is 523 g/mol. The van der Waals surface area contributed by atoms with Gasteiger partial charge in [0.25, 0.3) is 5.91 Å². The molecule has 0 bridgehead atoms. The molecule has 0 heterocycles. The second-order valence-corrected chi connectivity index (χ2v) is 9.76. The number of nitrogens with zero attached hydrogens (tertiary/aromatic N) is 1. The van der Waals surface area contributed by atoms with Crippen molar-refractivity contribution in [2.45, 2.75) is 39.8 Å². The Balaban J connectivity index is 1.76. The van der Waals surface area contributed by atoms with Crippen LogP contribution in [0, 0.1) is 5.92 Å². The SMILES string of the molecule is CC(C)Cc1ccc(CN(Cc2ccc(Br)cc2)c2ccc(C(=O)NCCC(=O)O)cc2)cc1. The fraction of sp³-hybridized carbons (Fsp3) is 0.286. The van der Waals surface area contributed by atoms with E-state index in [0.29, 0.717) is 11.5 Å². The Labute approximate surface area is 209 Å². The summed E-state index contributed by atoms with van der Waals surface area (Å²) in [6, 6.07) is 24.5. The molecule has 178 valence electrons. The van der Waals surface area contributed by atoms with Gasteiger partial charge in [0.05, 0.1) is 6.42 Å². The molecule has 5 nitrogen and oxygen atoms in total. The molecule has 0 atom stereocenters. The third kappa shape index (κ3) is 8.03. The minimum absolute atomic E-state index is 0.0965. The lowest BCUT2D eigenvalue weighted by molar-refractivity contribution is -0.136. The Morgan fingerprint density at radius 3 is 1.91 bits per heavy atom. The fourth-order valence-corrected chi connectivity index (χ4v) is 3.99. The van der Waals surface area contributed by atoms with Gasteiger partial charge in [-0.25, -0.2) is 0 Å². The summed E-state index contributed by atoms with van der Waals surface area (Å²) in [4.78, 5) is 25.3. The Morgan fingerprint density at radius 2 is 1.38 bits per heavy atom. The summed E-state index contributed by atoms with van der Waals surface area (Å²) in [5, 5.41) is 11.4. The maximum atomic E-state index is 12.3. The van der Waals surface area contributed by atoms with E-state index in [4.69, 9.17) is 5.11 Å². The fourth-order valence-electron chi connectivity index (χ4n) is 3.73. The molecule has 0 saturated heterocycles. The molecule has 6 heteroatoms. The Morgan fingerprint density at radius 1 is 0.853 bits per heavy atom. The molecule has 1 amide bonds. The summed E-state index contributed by atoms with van der Waals surface area (Å²) < 4.78 is 1.04. The number of hydrogen-bond donors (Lipinski definition) is 2. The van der Waals surface area contributed by atoms with Crippen molar-refractivity contribution < 1.29 is 14.7 Å². The van der Waals surface area contributed by atoms with Crippen LogP contribution in [0.1, 0.15) is 47.3 Å². The first kappa shape index (κ1) is 25.5. The molecular weight excluding hydrogens is 492 g/mol. The van der Waals surface area contributed by atoms with Crippen LogP contribution in [0.3, 0.4) is 0 Å². The van der Waals surface area contributed by atoms with Gasteiger partial charge >= 0.3 is 5.97 Å². The van der Waals surface area contributed by atoms with E-state index >= 15 is 0 Å². The maximum Gasteiger partial charge on any atom is 0.305 e. The highest BCUT2D eigenvalue weighted by molar-refractivity contribution is 9.10. The molecule has 0 saturated carbocycles. The molecular formula is C28H31BrN2O3. The van der Waals surface area contributed by atoms with Crippen LogP contribution in [-0.4, -0.2) is 23.5 Å². The third-order valence-electron chi connectivity index (χ3n) is 5.45. The molecule has 0 aromatic heterocycles. The molecule has 2 N–H and O–H groups in total. The van der Waals surface area contributed by atoms with E-state index in [1.807, 2.05) is 24.3 Å². The number of hydrogen-bond acceptors (Lipinski definition) is 3. The number of carbonyl (C=O) groups excluding carboxylic acids is 1. The van der Waals surface area contributed by atoms with Gasteiger partial charge in [-0.1, -0.05) is 66.2 Å². The summed E-state index contributed by atoms with van der Waals surface area (Å²) in [5.74, 6) is -0.580. The van der Waals surface area contributed by atoms with Crippen molar-refractivity contribution >= 4 is 33.5 Å². The zero-order valence-electron chi connectivity index (χ0n) is 19.6. The third-order valence-corrected chi connectivity index (χ3v) is 5.97. The van der Waals surface area contributed by atoms with E-state index < -0.39 is 5.97 Å². The maximum absolute atomic E-state index is 12.3. The van der Waals surface area contributed by atoms with Crippen LogP contribution in [0.4, 0.5) is 5.69 Å². The van der Waals surface area contributed by atoms with Gasteiger partial charge in [-0.3, -0.25) is 9.59 Å². The van der Waals surface area contributed by atoms with Gasteiger partial charge in [0.2, 0.25) is 0 Å². The Bertz CT molecular complexity index is 1080. The first-order valence-corrected chi connectivity index (χ1v) is 12.3. The molecule has 0 fully saturated rings. The molecule has 0 radical (unpaired) electrons. The Kier molecular flexibility index (Phi) is 9.28. The monoisotopic (exact) mass is 522 g/mol.